The van der Waals surface area contributed by atoms with Gasteiger partial charge >= 0.3 is 0 Å². The number of rotatable bonds is 8. The van der Waals surface area contributed by atoms with Crippen LogP contribution in [0, 0.1) is 5.82 Å². The van der Waals surface area contributed by atoms with Gasteiger partial charge in [0.1, 0.15) is 22.8 Å². The van der Waals surface area contributed by atoms with E-state index in [0.29, 0.717) is 28.0 Å². The van der Waals surface area contributed by atoms with Crippen LogP contribution < -0.4 is 19.1 Å². The second-order valence-electron chi connectivity index (χ2n) is 7.89. The van der Waals surface area contributed by atoms with E-state index >= 15 is 0 Å². The average molecular weight is 513 g/mol. The molecule has 10 heteroatoms. The van der Waals surface area contributed by atoms with Gasteiger partial charge in [-0.3, -0.25) is 9.10 Å². The fraction of sp³-hybridized carbons (Fsp3) is 0.192. The predicted molar refractivity (Wildman–Crippen MR) is 136 cm³/mol. The molecule has 0 spiro atoms. The number of halogens is 1. The van der Waals surface area contributed by atoms with Crippen LogP contribution in [0.25, 0.3) is 22.3 Å². The molecular formula is C26H25FN2O6S. The first kappa shape index (κ1) is 25.1. The molecule has 1 N–H and O–H groups in total. The highest BCUT2D eigenvalue weighted by molar-refractivity contribution is 7.92. The first-order valence-electron chi connectivity index (χ1n) is 11.0. The minimum atomic E-state index is -3.59. The van der Waals surface area contributed by atoms with Gasteiger partial charge in [-0.25, -0.2) is 12.8 Å². The van der Waals surface area contributed by atoms with Crippen LogP contribution in [0.5, 0.6) is 17.2 Å². The third kappa shape index (κ3) is 4.72. The zero-order valence-electron chi connectivity index (χ0n) is 20.2. The van der Waals surface area contributed by atoms with Crippen LogP contribution in [0.2, 0.25) is 0 Å². The fourth-order valence-corrected chi connectivity index (χ4v) is 4.91. The molecule has 3 aromatic carbocycles. The van der Waals surface area contributed by atoms with E-state index in [1.165, 1.54) is 30.6 Å². The minimum absolute atomic E-state index is 0.0889. The molecule has 0 saturated carbocycles. The van der Waals surface area contributed by atoms with E-state index in [-0.39, 0.29) is 35.3 Å². The largest absolute Gasteiger partial charge is 0.495 e. The molecule has 0 aliphatic heterocycles. The highest BCUT2D eigenvalue weighted by Gasteiger charge is 2.26. The smallest absolute Gasteiger partial charge is 0.255 e. The van der Waals surface area contributed by atoms with Crippen molar-refractivity contribution < 1.29 is 31.5 Å². The van der Waals surface area contributed by atoms with Crippen LogP contribution in [-0.4, -0.2) is 41.3 Å². The number of para-hydroxylation sites is 1. The molecule has 1 heterocycles. The Hall–Kier alpha value is -4.05. The Morgan fingerprint density at radius 1 is 1.08 bits per heavy atom. The maximum atomic E-state index is 13.9. The van der Waals surface area contributed by atoms with Gasteiger partial charge in [-0.15, -0.1) is 0 Å². The lowest BCUT2D eigenvalue weighted by atomic mass is 10.0. The topological polar surface area (TPSA) is 98.1 Å². The molecule has 4 rings (SSSR count). The summed E-state index contributed by atoms with van der Waals surface area (Å²) in [7, 11) is -0.657. The maximum Gasteiger partial charge on any atom is 0.255 e. The second kappa shape index (κ2) is 9.90. The quantitative estimate of drug-likeness (QED) is 0.349. The van der Waals surface area contributed by atoms with Crippen LogP contribution in [0.4, 0.5) is 10.1 Å². The van der Waals surface area contributed by atoms with Crippen molar-refractivity contribution in [1.82, 2.24) is 5.32 Å². The number of hydrogen-bond acceptors (Lipinski definition) is 6. The van der Waals surface area contributed by atoms with Crippen LogP contribution in [0.1, 0.15) is 17.3 Å². The Balaban J connectivity index is 1.83. The molecule has 0 aliphatic rings. The summed E-state index contributed by atoms with van der Waals surface area (Å²) in [5, 5.41) is 3.08. The molecule has 0 unspecified atom stereocenters. The molecule has 8 nitrogen and oxygen atoms in total. The number of sulfonamides is 1. The molecule has 0 saturated heterocycles. The number of furan rings is 1. The number of nitrogens with one attached hydrogen (secondary N) is 1. The van der Waals surface area contributed by atoms with Crippen molar-refractivity contribution in [2.24, 2.45) is 0 Å². The van der Waals surface area contributed by atoms with E-state index in [0.717, 1.165) is 6.26 Å². The molecule has 4 aromatic rings. The molecule has 1 aromatic heterocycles. The summed E-state index contributed by atoms with van der Waals surface area (Å²) in [4.78, 5) is 12.9. The summed E-state index contributed by atoms with van der Waals surface area (Å²) in [6, 6.07) is 15.9. The number of hydrogen-bond donors (Lipinski definition) is 1. The molecule has 1 amide bonds. The van der Waals surface area contributed by atoms with Gasteiger partial charge in [-0.2, -0.15) is 0 Å². The van der Waals surface area contributed by atoms with Gasteiger partial charge in [0.15, 0.2) is 11.6 Å². The number of methoxy groups -OCH3 is 1. The number of carbonyl (C=O) groups is 1. The number of fused-ring (bicyclic) bond motifs is 1. The molecule has 188 valence electrons. The molecule has 0 aliphatic carbocycles. The Morgan fingerprint density at radius 3 is 2.36 bits per heavy atom. The van der Waals surface area contributed by atoms with Crippen molar-refractivity contribution in [3.05, 3.63) is 72.0 Å². The number of benzene rings is 3. The first-order chi connectivity index (χ1) is 17.2. The molecule has 0 radical (unpaired) electrons. The van der Waals surface area contributed by atoms with E-state index < -0.39 is 15.8 Å². The molecular weight excluding hydrogens is 487 g/mol. The summed E-state index contributed by atoms with van der Waals surface area (Å²) in [6.07, 6.45) is 1.11. The van der Waals surface area contributed by atoms with E-state index in [1.807, 2.05) is 0 Å². The number of anilines is 1. The number of amides is 1. The van der Waals surface area contributed by atoms with Gasteiger partial charge in [-0.1, -0.05) is 12.1 Å². The zero-order valence-corrected chi connectivity index (χ0v) is 21.0. The molecule has 36 heavy (non-hydrogen) atoms. The number of carbonyl (C=O) groups excluding carboxylic acids is 1. The summed E-state index contributed by atoms with van der Waals surface area (Å²) in [6.45, 7) is 1.89. The summed E-state index contributed by atoms with van der Waals surface area (Å²) >= 11 is 0. The highest BCUT2D eigenvalue weighted by Crippen LogP contribution is 2.41. The zero-order chi connectivity index (χ0) is 26.0. The minimum Gasteiger partial charge on any atom is -0.495 e. The normalized spacial score (nSPS) is 11.4. The lowest BCUT2D eigenvalue weighted by molar-refractivity contribution is 0.0964. The highest BCUT2D eigenvalue weighted by atomic mass is 32.2. The third-order valence-electron chi connectivity index (χ3n) is 5.58. The molecule has 0 atom stereocenters. The van der Waals surface area contributed by atoms with Gasteiger partial charge < -0.3 is 19.2 Å². The van der Waals surface area contributed by atoms with Crippen molar-refractivity contribution in [3.8, 4) is 28.6 Å². The second-order valence-corrected chi connectivity index (χ2v) is 9.80. The van der Waals surface area contributed by atoms with Gasteiger partial charge in [0, 0.05) is 30.6 Å². The van der Waals surface area contributed by atoms with Gasteiger partial charge in [0.05, 0.1) is 24.6 Å². The Bertz CT molecular complexity index is 1530. The Labute approximate surface area is 208 Å². The van der Waals surface area contributed by atoms with E-state index in [4.69, 9.17) is 13.9 Å². The monoisotopic (exact) mass is 512 g/mol. The van der Waals surface area contributed by atoms with Crippen molar-refractivity contribution in [2.75, 3.05) is 31.3 Å². The average Bonchev–Trinajstić information content (AvgIpc) is 3.22. The van der Waals surface area contributed by atoms with Crippen molar-refractivity contribution in [1.29, 1.82) is 0 Å². The summed E-state index contributed by atoms with van der Waals surface area (Å²) in [5.74, 6) is 0.175. The van der Waals surface area contributed by atoms with Gasteiger partial charge in [-0.05, 0) is 49.4 Å². The van der Waals surface area contributed by atoms with E-state index in [2.05, 4.69) is 5.32 Å². The van der Waals surface area contributed by atoms with Crippen molar-refractivity contribution in [2.45, 2.75) is 6.92 Å². The summed E-state index contributed by atoms with van der Waals surface area (Å²) < 4.78 is 57.0. The van der Waals surface area contributed by atoms with Crippen molar-refractivity contribution >= 4 is 32.6 Å². The lowest BCUT2D eigenvalue weighted by Gasteiger charge is -2.22. The third-order valence-corrected chi connectivity index (χ3v) is 6.84. The predicted octanol–water partition coefficient (Wildman–Crippen LogP) is 5.19. The molecule has 0 fully saturated rings. The van der Waals surface area contributed by atoms with Crippen LogP contribution >= 0.6 is 0 Å². The van der Waals surface area contributed by atoms with E-state index in [1.54, 1.807) is 55.5 Å². The fourth-order valence-electron chi connectivity index (χ4n) is 3.94. The lowest BCUT2D eigenvalue weighted by Crippen LogP contribution is -2.29. The van der Waals surface area contributed by atoms with Crippen molar-refractivity contribution in [3.63, 3.8) is 0 Å². The first-order valence-corrected chi connectivity index (χ1v) is 12.9. The number of nitrogens with zero attached hydrogens (tertiary/aromatic N) is 1. The standard InChI is InChI=1S/C26H25FN2O6S/c1-5-29(36(4,31)32)20-15-22-18(14-23(20)33-3)24(26(30)28-2)25(35-22)16-10-12-17(13-11-16)34-21-9-7-6-8-19(21)27/h6-15H,5H2,1-4H3,(H,28,30). The Kier molecular flexibility index (Phi) is 6.89. The number of ether oxygens (including phenoxy) is 2. The maximum absolute atomic E-state index is 13.9. The van der Waals surface area contributed by atoms with Crippen LogP contribution in [0.3, 0.4) is 0 Å². The molecule has 0 bridgehead atoms. The van der Waals surface area contributed by atoms with Crippen LogP contribution in [0.15, 0.2) is 65.1 Å². The Morgan fingerprint density at radius 2 is 1.78 bits per heavy atom. The van der Waals surface area contributed by atoms with Gasteiger partial charge in [0.2, 0.25) is 10.0 Å². The SMILES string of the molecule is CCN(c1cc2oc(-c3ccc(Oc4ccccc4F)cc3)c(C(=O)NC)c2cc1OC)S(C)(=O)=O. The summed E-state index contributed by atoms with van der Waals surface area (Å²) in [5.41, 5.74) is 1.45. The van der Waals surface area contributed by atoms with E-state index in [9.17, 15) is 17.6 Å². The van der Waals surface area contributed by atoms with Crippen LogP contribution in [-0.2, 0) is 10.0 Å². The van der Waals surface area contributed by atoms with Gasteiger partial charge in [0.25, 0.3) is 5.91 Å².